The molecule has 8 nitrogen and oxygen atoms in total. The summed E-state index contributed by atoms with van der Waals surface area (Å²) in [5.41, 5.74) is 0.814. The first-order chi connectivity index (χ1) is 18.3. The van der Waals surface area contributed by atoms with Gasteiger partial charge in [0, 0.05) is 43.2 Å². The number of nitrogens with zero attached hydrogens (tertiary/aromatic N) is 4. The van der Waals surface area contributed by atoms with Crippen molar-refractivity contribution in [1.82, 2.24) is 25.1 Å². The molecule has 4 aromatic rings. The van der Waals surface area contributed by atoms with Crippen LogP contribution < -0.4 is 10.1 Å². The molecule has 1 aliphatic heterocycles. The Labute approximate surface area is 216 Å². The van der Waals surface area contributed by atoms with E-state index >= 15 is 0 Å². The van der Waals surface area contributed by atoms with Crippen molar-refractivity contribution in [3.05, 3.63) is 60.4 Å². The number of aromatic amines is 1. The number of pyridine rings is 2. The molecular formula is C27H23F3N6O2. The number of ether oxygens (including phenoxy) is 1. The van der Waals surface area contributed by atoms with Crippen molar-refractivity contribution in [3.63, 3.8) is 0 Å². The van der Waals surface area contributed by atoms with Gasteiger partial charge in [0.05, 0.1) is 11.3 Å². The van der Waals surface area contributed by atoms with Crippen LogP contribution in [0.2, 0.25) is 0 Å². The molecule has 4 heterocycles. The van der Waals surface area contributed by atoms with E-state index in [1.165, 1.54) is 6.07 Å². The zero-order valence-corrected chi connectivity index (χ0v) is 20.3. The summed E-state index contributed by atoms with van der Waals surface area (Å²) in [5, 5.41) is 11.4. The minimum atomic E-state index is -4.43. The second-order valence-corrected chi connectivity index (χ2v) is 8.77. The number of nitrogens with one attached hydrogen (secondary N) is 2. The first-order valence-electron chi connectivity index (χ1n) is 11.9. The number of benzene rings is 1. The lowest BCUT2D eigenvalue weighted by Crippen LogP contribution is -2.44. The largest absolute Gasteiger partial charge is 0.456 e. The number of fused-ring (bicyclic) bond motifs is 1. The van der Waals surface area contributed by atoms with Crippen LogP contribution in [-0.4, -0.2) is 50.1 Å². The molecule has 0 unspecified atom stereocenters. The standard InChI is InChI=1S/C27H23F3N6O2/c1-2-4-23(37)36-14-3-5-19(16-36)33-26-24-22(12-13-31-25(24)34-35-26)38-20-9-6-17(7-10-20)21-11-8-18(15-32-21)27(28,29)30/h6-13,15,19H,3,5,14,16H2,1H3,(H2,31,33,34,35)/t19-/m1/s1. The summed E-state index contributed by atoms with van der Waals surface area (Å²) in [4.78, 5) is 22.2. The molecule has 5 rings (SSSR count). The molecule has 0 bridgehead atoms. The molecule has 1 aromatic carbocycles. The summed E-state index contributed by atoms with van der Waals surface area (Å²) >= 11 is 0. The van der Waals surface area contributed by atoms with Crippen LogP contribution in [0.15, 0.2) is 54.9 Å². The number of hydrogen-bond acceptors (Lipinski definition) is 6. The number of likely N-dealkylation sites (tertiary alicyclic amines) is 1. The van der Waals surface area contributed by atoms with Gasteiger partial charge in [0.1, 0.15) is 16.9 Å². The third kappa shape index (κ3) is 5.39. The zero-order valence-electron chi connectivity index (χ0n) is 20.3. The highest BCUT2D eigenvalue weighted by atomic mass is 19.4. The second kappa shape index (κ2) is 10.4. The molecule has 194 valence electrons. The maximum absolute atomic E-state index is 12.8. The number of alkyl halides is 3. The molecule has 1 atom stereocenters. The number of rotatable bonds is 5. The first kappa shape index (κ1) is 25.1. The molecule has 0 aliphatic carbocycles. The zero-order chi connectivity index (χ0) is 26.7. The van der Waals surface area contributed by atoms with Crippen molar-refractivity contribution in [3.8, 4) is 34.6 Å². The van der Waals surface area contributed by atoms with Gasteiger partial charge in [-0.3, -0.25) is 14.9 Å². The van der Waals surface area contributed by atoms with Crippen molar-refractivity contribution < 1.29 is 22.7 Å². The quantitative estimate of drug-likeness (QED) is 0.349. The van der Waals surface area contributed by atoms with Crippen LogP contribution in [0.5, 0.6) is 11.5 Å². The van der Waals surface area contributed by atoms with Crippen molar-refractivity contribution in [2.45, 2.75) is 32.0 Å². The number of halogens is 3. The van der Waals surface area contributed by atoms with Crippen molar-refractivity contribution in [2.24, 2.45) is 0 Å². The van der Waals surface area contributed by atoms with E-state index in [4.69, 9.17) is 4.74 Å². The number of anilines is 1. The molecule has 11 heteroatoms. The van der Waals surface area contributed by atoms with Gasteiger partial charge in [0.2, 0.25) is 0 Å². The smallest absolute Gasteiger partial charge is 0.417 e. The van der Waals surface area contributed by atoms with Gasteiger partial charge in [0.25, 0.3) is 5.91 Å². The normalized spacial score (nSPS) is 15.6. The fourth-order valence-electron chi connectivity index (χ4n) is 4.32. The van der Waals surface area contributed by atoms with Crippen LogP contribution in [-0.2, 0) is 11.0 Å². The number of H-pyrrole nitrogens is 1. The molecule has 2 N–H and O–H groups in total. The highest BCUT2D eigenvalue weighted by Gasteiger charge is 2.30. The summed E-state index contributed by atoms with van der Waals surface area (Å²) in [6.45, 7) is 2.82. The molecule has 0 radical (unpaired) electrons. The third-order valence-corrected chi connectivity index (χ3v) is 6.17. The number of aromatic nitrogens is 4. The van der Waals surface area contributed by atoms with E-state index in [0.717, 1.165) is 25.1 Å². The summed E-state index contributed by atoms with van der Waals surface area (Å²) in [5.74, 6) is 6.66. The number of amides is 1. The van der Waals surface area contributed by atoms with Crippen molar-refractivity contribution in [1.29, 1.82) is 0 Å². The van der Waals surface area contributed by atoms with Gasteiger partial charge in [-0.15, -0.1) is 0 Å². The predicted molar refractivity (Wildman–Crippen MR) is 135 cm³/mol. The highest BCUT2D eigenvalue weighted by Crippen LogP contribution is 2.34. The highest BCUT2D eigenvalue weighted by molar-refractivity contribution is 5.94. The lowest BCUT2D eigenvalue weighted by Gasteiger charge is -2.32. The van der Waals surface area contributed by atoms with E-state index < -0.39 is 11.7 Å². The maximum Gasteiger partial charge on any atom is 0.417 e. The van der Waals surface area contributed by atoms with Gasteiger partial charge in [-0.05, 0) is 62.1 Å². The molecule has 38 heavy (non-hydrogen) atoms. The summed E-state index contributed by atoms with van der Waals surface area (Å²) in [7, 11) is 0. The van der Waals surface area contributed by atoms with Gasteiger partial charge >= 0.3 is 6.18 Å². The number of hydrogen-bond donors (Lipinski definition) is 2. The number of carbonyl (C=O) groups is 1. The topological polar surface area (TPSA) is 96.0 Å². The van der Waals surface area contributed by atoms with Crippen molar-refractivity contribution in [2.75, 3.05) is 18.4 Å². The predicted octanol–water partition coefficient (Wildman–Crippen LogP) is 5.26. The Bertz CT molecular complexity index is 1500. The Morgan fingerprint density at radius 1 is 1.16 bits per heavy atom. The van der Waals surface area contributed by atoms with Crippen LogP contribution in [0, 0.1) is 11.8 Å². The minimum absolute atomic E-state index is 0.0126. The molecule has 1 fully saturated rings. The lowest BCUT2D eigenvalue weighted by atomic mass is 10.1. The van der Waals surface area contributed by atoms with Gasteiger partial charge in [-0.1, -0.05) is 5.92 Å². The molecule has 1 amide bonds. The van der Waals surface area contributed by atoms with Gasteiger partial charge in [-0.2, -0.15) is 18.3 Å². The van der Waals surface area contributed by atoms with Crippen LogP contribution in [0.3, 0.4) is 0 Å². The molecule has 0 saturated carbocycles. The van der Waals surface area contributed by atoms with E-state index in [2.05, 4.69) is 37.3 Å². The Balaban J connectivity index is 1.33. The van der Waals surface area contributed by atoms with Gasteiger partial charge in [-0.25, -0.2) is 4.98 Å². The van der Waals surface area contributed by atoms with E-state index in [-0.39, 0.29) is 11.9 Å². The fourth-order valence-corrected chi connectivity index (χ4v) is 4.32. The number of piperidine rings is 1. The Morgan fingerprint density at radius 2 is 1.97 bits per heavy atom. The molecular weight excluding hydrogens is 497 g/mol. The molecule has 1 aliphatic rings. The lowest BCUT2D eigenvalue weighted by molar-refractivity contribution is -0.137. The summed E-state index contributed by atoms with van der Waals surface area (Å²) in [6.07, 6.45) is -0.298. The first-order valence-corrected chi connectivity index (χ1v) is 11.9. The monoisotopic (exact) mass is 520 g/mol. The van der Waals surface area contributed by atoms with Crippen LogP contribution in [0.1, 0.15) is 25.3 Å². The van der Waals surface area contributed by atoms with Gasteiger partial charge < -0.3 is 15.0 Å². The van der Waals surface area contributed by atoms with Crippen molar-refractivity contribution >= 4 is 22.8 Å². The SMILES string of the molecule is CC#CC(=O)N1CCC[C@@H](Nc2n[nH]c3nccc(Oc4ccc(-c5ccc(C(F)(F)F)cn5)cc4)c23)C1. The van der Waals surface area contributed by atoms with Crippen LogP contribution >= 0.6 is 0 Å². The number of carbonyl (C=O) groups excluding carboxylic acids is 1. The molecule has 1 saturated heterocycles. The average molecular weight is 521 g/mol. The summed E-state index contributed by atoms with van der Waals surface area (Å²) in [6, 6.07) is 10.9. The Morgan fingerprint density at radius 3 is 2.68 bits per heavy atom. The summed E-state index contributed by atoms with van der Waals surface area (Å²) < 4.78 is 44.6. The van der Waals surface area contributed by atoms with Crippen LogP contribution in [0.25, 0.3) is 22.3 Å². The fraction of sp³-hybridized carbons (Fsp3) is 0.259. The minimum Gasteiger partial charge on any atom is -0.456 e. The second-order valence-electron chi connectivity index (χ2n) is 8.77. The third-order valence-electron chi connectivity index (χ3n) is 6.17. The van der Waals surface area contributed by atoms with E-state index in [1.54, 1.807) is 48.4 Å². The molecule has 0 spiro atoms. The van der Waals surface area contributed by atoms with Gasteiger partial charge in [0.15, 0.2) is 11.5 Å². The maximum atomic E-state index is 12.8. The van der Waals surface area contributed by atoms with Crippen LogP contribution in [0.4, 0.5) is 19.0 Å². The average Bonchev–Trinajstić information content (AvgIpc) is 3.33. The van der Waals surface area contributed by atoms with E-state index in [9.17, 15) is 18.0 Å². The molecule has 3 aromatic heterocycles. The van der Waals surface area contributed by atoms with E-state index in [1.807, 2.05) is 0 Å². The Hall–Kier alpha value is -4.59. The van der Waals surface area contributed by atoms with E-state index in [0.29, 0.717) is 52.7 Å². The Kier molecular flexibility index (Phi) is 6.87.